The molecule has 1 aliphatic heterocycles. The number of hydrogen-bond acceptors (Lipinski definition) is 3. The average Bonchev–Trinajstić information content (AvgIpc) is 2.15. The summed E-state index contributed by atoms with van der Waals surface area (Å²) < 4.78 is 0. The predicted octanol–water partition coefficient (Wildman–Crippen LogP) is -0.212. The molecule has 0 radical (unpaired) electrons. The zero-order chi connectivity index (χ0) is 11.5. The zero-order valence-electron chi connectivity index (χ0n) is 9.78. The van der Waals surface area contributed by atoms with Gasteiger partial charge in [0.05, 0.1) is 5.92 Å². The molecule has 2 aliphatic rings. The maximum atomic E-state index is 11.7. The molecule has 17 heavy (non-hydrogen) atoms. The molecule has 0 aromatic heterocycles. The first-order valence-corrected chi connectivity index (χ1v) is 5.97. The second-order valence-corrected chi connectivity index (χ2v) is 4.81. The maximum Gasteiger partial charge on any atom is 0.225 e. The lowest BCUT2D eigenvalue weighted by atomic mass is 9.85. The van der Waals surface area contributed by atoms with Crippen molar-refractivity contribution in [1.29, 1.82) is 0 Å². The Bertz CT molecular complexity index is 286. The summed E-state index contributed by atoms with van der Waals surface area (Å²) in [7, 11) is 0. The largest absolute Gasteiger partial charge is 0.369 e. The summed E-state index contributed by atoms with van der Waals surface area (Å²) >= 11 is 0. The average molecular weight is 262 g/mol. The smallest absolute Gasteiger partial charge is 0.225 e. The fourth-order valence-electron chi connectivity index (χ4n) is 2.32. The van der Waals surface area contributed by atoms with E-state index < -0.39 is 0 Å². The van der Waals surface area contributed by atoms with Gasteiger partial charge in [-0.25, -0.2) is 0 Å². The Morgan fingerprint density at radius 3 is 2.06 bits per heavy atom. The quantitative estimate of drug-likeness (QED) is 0.657. The molecule has 2 rings (SSSR count). The summed E-state index contributed by atoms with van der Waals surface area (Å²) in [4.78, 5) is 22.6. The monoisotopic (exact) mass is 261 g/mol. The van der Waals surface area contributed by atoms with E-state index in [1.54, 1.807) is 0 Å². The van der Waals surface area contributed by atoms with E-state index in [-0.39, 0.29) is 42.1 Å². The molecule has 2 amide bonds. The third-order valence-electron chi connectivity index (χ3n) is 3.63. The van der Waals surface area contributed by atoms with Crippen LogP contribution in [0.3, 0.4) is 0 Å². The lowest BCUT2D eigenvalue weighted by Crippen LogP contribution is -2.53. The molecule has 1 saturated carbocycles. The van der Waals surface area contributed by atoms with Crippen molar-refractivity contribution in [2.45, 2.75) is 31.7 Å². The van der Waals surface area contributed by atoms with E-state index in [1.807, 2.05) is 0 Å². The van der Waals surface area contributed by atoms with Gasteiger partial charge in [-0.2, -0.15) is 0 Å². The van der Waals surface area contributed by atoms with Crippen LogP contribution in [0.25, 0.3) is 0 Å². The normalized spacial score (nSPS) is 28.7. The van der Waals surface area contributed by atoms with Gasteiger partial charge in [0.15, 0.2) is 0 Å². The van der Waals surface area contributed by atoms with Crippen molar-refractivity contribution < 1.29 is 9.59 Å². The van der Waals surface area contributed by atoms with E-state index in [9.17, 15) is 9.59 Å². The molecule has 0 aromatic carbocycles. The molecular formula is C11H20ClN3O2. The van der Waals surface area contributed by atoms with Crippen molar-refractivity contribution in [3.05, 3.63) is 0 Å². The molecule has 98 valence electrons. The van der Waals surface area contributed by atoms with E-state index >= 15 is 0 Å². The van der Waals surface area contributed by atoms with Crippen LogP contribution in [0.2, 0.25) is 0 Å². The van der Waals surface area contributed by atoms with Crippen LogP contribution in [-0.2, 0) is 9.59 Å². The minimum atomic E-state index is -0.201. The number of amides is 2. The predicted molar refractivity (Wildman–Crippen MR) is 66.7 cm³/mol. The summed E-state index contributed by atoms with van der Waals surface area (Å²) in [5.74, 6) is 0.113. The highest BCUT2D eigenvalue weighted by Crippen LogP contribution is 2.24. The van der Waals surface area contributed by atoms with Crippen molar-refractivity contribution in [2.75, 3.05) is 13.1 Å². The zero-order valence-corrected chi connectivity index (χ0v) is 10.6. The first kappa shape index (κ1) is 14.3. The first-order valence-electron chi connectivity index (χ1n) is 5.97. The lowest BCUT2D eigenvalue weighted by molar-refractivity contribution is -0.127. The van der Waals surface area contributed by atoms with Crippen molar-refractivity contribution in [3.8, 4) is 0 Å². The van der Waals surface area contributed by atoms with Crippen molar-refractivity contribution >= 4 is 24.2 Å². The standard InChI is InChI=1S/C11H19N3O2.ClH/c12-10(15)7-1-3-9(4-2-7)14-11(16)8-5-13-6-8;/h7-9,13H,1-6H2,(H2,12,15)(H,14,16);1H. The van der Waals surface area contributed by atoms with Gasteiger partial charge in [0.1, 0.15) is 0 Å². The summed E-state index contributed by atoms with van der Waals surface area (Å²) in [6.45, 7) is 1.59. The van der Waals surface area contributed by atoms with E-state index in [0.29, 0.717) is 0 Å². The minimum Gasteiger partial charge on any atom is -0.369 e. The summed E-state index contributed by atoms with van der Waals surface area (Å²) in [6.07, 6.45) is 3.37. The number of carbonyl (C=O) groups is 2. The molecule has 1 heterocycles. The van der Waals surface area contributed by atoms with E-state index in [4.69, 9.17) is 5.73 Å². The number of nitrogens with two attached hydrogens (primary N) is 1. The molecule has 0 atom stereocenters. The Kier molecular flexibility index (Phi) is 5.21. The fraction of sp³-hybridized carbons (Fsp3) is 0.818. The SMILES string of the molecule is Cl.NC(=O)C1CCC(NC(=O)C2CNC2)CC1. The molecule has 5 nitrogen and oxygen atoms in total. The van der Waals surface area contributed by atoms with Gasteiger partial charge in [0, 0.05) is 25.0 Å². The van der Waals surface area contributed by atoms with Crippen molar-refractivity contribution in [2.24, 2.45) is 17.6 Å². The molecule has 1 aliphatic carbocycles. The summed E-state index contributed by atoms with van der Waals surface area (Å²) in [5, 5.41) is 6.13. The summed E-state index contributed by atoms with van der Waals surface area (Å²) in [5.41, 5.74) is 5.26. The van der Waals surface area contributed by atoms with Gasteiger partial charge in [-0.05, 0) is 25.7 Å². The molecule has 6 heteroatoms. The second-order valence-electron chi connectivity index (χ2n) is 4.81. The van der Waals surface area contributed by atoms with E-state index in [2.05, 4.69) is 10.6 Å². The van der Waals surface area contributed by atoms with Crippen LogP contribution in [0.15, 0.2) is 0 Å². The van der Waals surface area contributed by atoms with Crippen LogP contribution in [0.5, 0.6) is 0 Å². The first-order chi connectivity index (χ1) is 7.66. The van der Waals surface area contributed by atoms with E-state index in [0.717, 1.165) is 38.8 Å². The van der Waals surface area contributed by atoms with Gasteiger partial charge in [-0.3, -0.25) is 9.59 Å². The molecule has 2 fully saturated rings. The second kappa shape index (κ2) is 6.21. The van der Waals surface area contributed by atoms with Gasteiger partial charge in [-0.15, -0.1) is 12.4 Å². The number of halogens is 1. The number of nitrogens with one attached hydrogen (secondary N) is 2. The number of rotatable bonds is 3. The molecular weight excluding hydrogens is 242 g/mol. The Morgan fingerprint density at radius 1 is 1.06 bits per heavy atom. The summed E-state index contributed by atoms with van der Waals surface area (Å²) in [6, 6.07) is 0.240. The third-order valence-corrected chi connectivity index (χ3v) is 3.63. The molecule has 0 spiro atoms. The van der Waals surface area contributed by atoms with Crippen molar-refractivity contribution in [1.82, 2.24) is 10.6 Å². The van der Waals surface area contributed by atoms with Gasteiger partial charge < -0.3 is 16.4 Å². The molecule has 1 saturated heterocycles. The van der Waals surface area contributed by atoms with Gasteiger partial charge in [-0.1, -0.05) is 0 Å². The Hall–Kier alpha value is -0.810. The van der Waals surface area contributed by atoms with Crippen LogP contribution >= 0.6 is 12.4 Å². The van der Waals surface area contributed by atoms with Crippen LogP contribution < -0.4 is 16.4 Å². The van der Waals surface area contributed by atoms with Gasteiger partial charge in [0.25, 0.3) is 0 Å². The molecule has 0 bridgehead atoms. The Morgan fingerprint density at radius 2 is 1.65 bits per heavy atom. The molecule has 0 unspecified atom stereocenters. The molecule has 4 N–H and O–H groups in total. The highest BCUT2D eigenvalue weighted by atomic mass is 35.5. The highest BCUT2D eigenvalue weighted by molar-refractivity contribution is 5.85. The van der Waals surface area contributed by atoms with Crippen LogP contribution in [0.4, 0.5) is 0 Å². The number of primary amides is 1. The lowest BCUT2D eigenvalue weighted by Gasteiger charge is -2.31. The van der Waals surface area contributed by atoms with E-state index in [1.165, 1.54) is 0 Å². The Labute approximate surface area is 107 Å². The fourth-order valence-corrected chi connectivity index (χ4v) is 2.32. The van der Waals surface area contributed by atoms with Gasteiger partial charge >= 0.3 is 0 Å². The minimum absolute atomic E-state index is 0. The number of hydrogen-bond donors (Lipinski definition) is 3. The Balaban J connectivity index is 0.00000144. The number of carbonyl (C=O) groups excluding carboxylic acids is 2. The third kappa shape index (κ3) is 3.57. The van der Waals surface area contributed by atoms with Crippen LogP contribution in [0.1, 0.15) is 25.7 Å². The topological polar surface area (TPSA) is 84.2 Å². The van der Waals surface area contributed by atoms with Crippen molar-refractivity contribution in [3.63, 3.8) is 0 Å². The van der Waals surface area contributed by atoms with Crippen LogP contribution in [0, 0.1) is 11.8 Å². The van der Waals surface area contributed by atoms with Crippen LogP contribution in [-0.4, -0.2) is 30.9 Å². The highest BCUT2D eigenvalue weighted by Gasteiger charge is 2.29. The molecule has 0 aromatic rings. The van der Waals surface area contributed by atoms with Gasteiger partial charge in [0.2, 0.25) is 11.8 Å². The maximum absolute atomic E-state index is 11.7.